The van der Waals surface area contributed by atoms with Crippen molar-refractivity contribution in [3.63, 3.8) is 0 Å². The Kier molecular flexibility index (Phi) is 4.94. The summed E-state index contributed by atoms with van der Waals surface area (Å²) in [7, 11) is 0. The van der Waals surface area contributed by atoms with Crippen LogP contribution in [-0.4, -0.2) is 14.7 Å². The SMILES string of the molecule is CC(=Cc1c(C)[nH]c2c3c(ccc12)-c1ccccc1C3O)c1ccc(-n2c3ccccc3c3ccccc32)cc1. The molecule has 2 aromatic heterocycles. The van der Waals surface area contributed by atoms with E-state index in [1.807, 2.05) is 18.2 Å². The smallest absolute Gasteiger partial charge is 0.107 e. The topological polar surface area (TPSA) is 40.9 Å². The fourth-order valence-corrected chi connectivity index (χ4v) is 6.65. The van der Waals surface area contributed by atoms with E-state index in [9.17, 15) is 5.11 Å². The molecule has 0 spiro atoms. The van der Waals surface area contributed by atoms with Crippen molar-refractivity contribution in [1.29, 1.82) is 0 Å². The Morgan fingerprint density at radius 3 is 2.10 bits per heavy atom. The van der Waals surface area contributed by atoms with Crippen molar-refractivity contribution in [3.05, 3.63) is 137 Å². The minimum Gasteiger partial charge on any atom is -0.384 e. The molecule has 2 heterocycles. The number of aromatic amines is 1. The molecule has 40 heavy (non-hydrogen) atoms. The molecule has 192 valence electrons. The van der Waals surface area contributed by atoms with Gasteiger partial charge in [0.2, 0.25) is 0 Å². The molecule has 3 heteroatoms. The molecule has 3 nitrogen and oxygen atoms in total. The molecule has 0 fully saturated rings. The van der Waals surface area contributed by atoms with Crippen molar-refractivity contribution < 1.29 is 5.11 Å². The molecule has 7 aromatic rings. The number of fused-ring (bicyclic) bond motifs is 8. The minimum absolute atomic E-state index is 0.612. The Morgan fingerprint density at radius 2 is 1.38 bits per heavy atom. The monoisotopic (exact) mass is 516 g/mol. The fraction of sp³-hybridized carbons (Fsp3) is 0.0811. The van der Waals surface area contributed by atoms with Crippen LogP contribution in [0.1, 0.15) is 41.0 Å². The van der Waals surface area contributed by atoms with Crippen LogP contribution >= 0.6 is 0 Å². The predicted octanol–water partition coefficient (Wildman–Crippen LogP) is 9.20. The van der Waals surface area contributed by atoms with E-state index in [0.29, 0.717) is 0 Å². The van der Waals surface area contributed by atoms with Gasteiger partial charge in [-0.3, -0.25) is 0 Å². The van der Waals surface area contributed by atoms with Crippen LogP contribution in [0, 0.1) is 6.92 Å². The summed E-state index contributed by atoms with van der Waals surface area (Å²) in [6.45, 7) is 4.29. The number of hydrogen-bond acceptors (Lipinski definition) is 1. The molecule has 8 rings (SSSR count). The van der Waals surface area contributed by atoms with Gasteiger partial charge in [0, 0.05) is 38.7 Å². The number of aliphatic hydroxyl groups is 1. The molecule has 0 saturated carbocycles. The molecule has 0 bridgehead atoms. The molecule has 1 aliphatic carbocycles. The first-order valence-corrected chi connectivity index (χ1v) is 13.8. The first-order valence-electron chi connectivity index (χ1n) is 13.8. The van der Waals surface area contributed by atoms with E-state index >= 15 is 0 Å². The van der Waals surface area contributed by atoms with Gasteiger partial charge in [-0.15, -0.1) is 0 Å². The van der Waals surface area contributed by atoms with E-state index in [2.05, 4.69) is 120 Å². The Morgan fingerprint density at radius 1 is 0.725 bits per heavy atom. The maximum atomic E-state index is 11.2. The maximum Gasteiger partial charge on any atom is 0.107 e. The largest absolute Gasteiger partial charge is 0.384 e. The molecule has 0 saturated heterocycles. The molecule has 5 aromatic carbocycles. The lowest BCUT2D eigenvalue weighted by molar-refractivity contribution is 0.226. The van der Waals surface area contributed by atoms with E-state index in [1.165, 1.54) is 38.5 Å². The lowest BCUT2D eigenvalue weighted by Crippen LogP contribution is -1.94. The van der Waals surface area contributed by atoms with Gasteiger partial charge in [0.05, 0.1) is 16.6 Å². The van der Waals surface area contributed by atoms with Gasteiger partial charge >= 0.3 is 0 Å². The third-order valence-electron chi connectivity index (χ3n) is 8.59. The second-order valence-corrected chi connectivity index (χ2v) is 10.8. The van der Waals surface area contributed by atoms with Crippen molar-refractivity contribution in [2.45, 2.75) is 20.0 Å². The summed E-state index contributed by atoms with van der Waals surface area (Å²) in [5.74, 6) is 0. The molecular formula is C37H28N2O. The normalized spacial score (nSPS) is 14.8. The summed E-state index contributed by atoms with van der Waals surface area (Å²) >= 11 is 0. The third kappa shape index (κ3) is 3.22. The van der Waals surface area contributed by atoms with Crippen LogP contribution in [-0.2, 0) is 0 Å². The van der Waals surface area contributed by atoms with Crippen LogP contribution in [0.15, 0.2) is 109 Å². The van der Waals surface area contributed by atoms with Gasteiger partial charge in [-0.1, -0.05) is 84.9 Å². The van der Waals surface area contributed by atoms with Crippen LogP contribution in [0.4, 0.5) is 0 Å². The number of H-pyrrole nitrogens is 1. The molecule has 1 atom stereocenters. The number of benzene rings is 5. The van der Waals surface area contributed by atoms with Crippen LogP contribution in [0.5, 0.6) is 0 Å². The summed E-state index contributed by atoms with van der Waals surface area (Å²) in [5, 5.41) is 14.9. The van der Waals surface area contributed by atoms with Crippen LogP contribution < -0.4 is 0 Å². The van der Waals surface area contributed by atoms with Gasteiger partial charge in [0.25, 0.3) is 0 Å². The number of para-hydroxylation sites is 2. The van der Waals surface area contributed by atoms with Gasteiger partial charge in [-0.25, -0.2) is 0 Å². The quantitative estimate of drug-likeness (QED) is 0.241. The Labute approximate surface area is 232 Å². The van der Waals surface area contributed by atoms with Gasteiger partial charge in [0.15, 0.2) is 0 Å². The van der Waals surface area contributed by atoms with Crippen molar-refractivity contribution >= 4 is 44.4 Å². The predicted molar refractivity (Wildman–Crippen MR) is 167 cm³/mol. The highest BCUT2D eigenvalue weighted by Crippen LogP contribution is 2.47. The zero-order valence-electron chi connectivity index (χ0n) is 22.4. The highest BCUT2D eigenvalue weighted by Gasteiger charge is 2.29. The minimum atomic E-state index is -0.612. The second-order valence-electron chi connectivity index (χ2n) is 10.8. The first kappa shape index (κ1) is 23.1. The zero-order valence-corrected chi connectivity index (χ0v) is 22.4. The summed E-state index contributed by atoms with van der Waals surface area (Å²) in [6, 6.07) is 38.6. The average molecular weight is 517 g/mol. The summed E-state index contributed by atoms with van der Waals surface area (Å²) in [6.07, 6.45) is 1.66. The number of rotatable bonds is 3. The number of aliphatic hydroxyl groups excluding tert-OH is 1. The van der Waals surface area contributed by atoms with Gasteiger partial charge < -0.3 is 14.7 Å². The molecule has 1 unspecified atom stereocenters. The number of nitrogens with one attached hydrogen (secondary N) is 1. The van der Waals surface area contributed by atoms with Crippen molar-refractivity contribution in [3.8, 4) is 16.8 Å². The Hall–Kier alpha value is -4.86. The summed E-state index contributed by atoms with van der Waals surface area (Å²) in [4.78, 5) is 3.60. The van der Waals surface area contributed by atoms with Crippen molar-refractivity contribution in [2.75, 3.05) is 0 Å². The van der Waals surface area contributed by atoms with Gasteiger partial charge in [-0.05, 0) is 72.0 Å². The third-order valence-corrected chi connectivity index (χ3v) is 8.59. The molecule has 2 N–H and O–H groups in total. The first-order chi connectivity index (χ1) is 19.6. The van der Waals surface area contributed by atoms with Crippen molar-refractivity contribution in [1.82, 2.24) is 9.55 Å². The summed E-state index contributed by atoms with van der Waals surface area (Å²) in [5.41, 5.74) is 13.5. The standard InChI is InChI=1S/C37H28N2O/c1-22(21-32-23(2)38-36-30(32)20-19-29-26-9-3-4-12-31(26)37(40)35(29)36)24-15-17-25(18-16-24)39-33-13-7-5-10-27(33)28-11-6-8-14-34(28)39/h3-21,37-38,40H,1-2H3. The summed E-state index contributed by atoms with van der Waals surface area (Å²) < 4.78 is 2.35. The molecular weight excluding hydrogens is 488 g/mol. The number of hydrogen-bond donors (Lipinski definition) is 2. The molecule has 0 aliphatic heterocycles. The Bertz CT molecular complexity index is 2090. The highest BCUT2D eigenvalue weighted by atomic mass is 16.3. The second kappa shape index (κ2) is 8.57. The average Bonchev–Trinajstić information content (AvgIpc) is 3.60. The molecule has 0 radical (unpaired) electrons. The van der Waals surface area contributed by atoms with Crippen molar-refractivity contribution in [2.24, 2.45) is 0 Å². The number of allylic oxidation sites excluding steroid dienone is 1. The van der Waals surface area contributed by atoms with Gasteiger partial charge in [-0.2, -0.15) is 0 Å². The molecule has 0 amide bonds. The van der Waals surface area contributed by atoms with Gasteiger partial charge in [0.1, 0.15) is 6.10 Å². The van der Waals surface area contributed by atoms with E-state index < -0.39 is 6.10 Å². The lowest BCUT2D eigenvalue weighted by Gasteiger charge is -2.10. The zero-order chi connectivity index (χ0) is 27.0. The van der Waals surface area contributed by atoms with Crippen LogP contribution in [0.3, 0.4) is 0 Å². The maximum absolute atomic E-state index is 11.2. The molecule has 1 aliphatic rings. The van der Waals surface area contributed by atoms with E-state index in [-0.39, 0.29) is 0 Å². The van der Waals surface area contributed by atoms with Crippen LogP contribution in [0.2, 0.25) is 0 Å². The fourth-order valence-electron chi connectivity index (χ4n) is 6.65. The highest BCUT2D eigenvalue weighted by molar-refractivity contribution is 6.09. The number of nitrogens with zero attached hydrogens (tertiary/aromatic N) is 1. The number of aromatic nitrogens is 2. The number of aryl methyl sites for hydroxylation is 1. The van der Waals surface area contributed by atoms with E-state index in [4.69, 9.17) is 0 Å². The lowest BCUT2D eigenvalue weighted by atomic mass is 9.99. The van der Waals surface area contributed by atoms with E-state index in [0.717, 1.165) is 44.5 Å². The van der Waals surface area contributed by atoms with Crippen LogP contribution in [0.25, 0.3) is 61.2 Å². The Balaban J connectivity index is 1.20. The van der Waals surface area contributed by atoms with E-state index in [1.54, 1.807) is 0 Å².